The molecule has 4 heteroatoms. The van der Waals surface area contributed by atoms with Crippen molar-refractivity contribution < 1.29 is 14.3 Å². The van der Waals surface area contributed by atoms with Crippen LogP contribution >= 0.6 is 0 Å². The maximum atomic E-state index is 11.1. The van der Waals surface area contributed by atoms with Crippen LogP contribution in [0.1, 0.15) is 41.0 Å². The molecule has 0 bridgehead atoms. The van der Waals surface area contributed by atoms with E-state index in [1.54, 1.807) is 20.8 Å². The topological polar surface area (TPSA) is 46.6 Å². The Balaban J connectivity index is 0.000000487. The monoisotopic (exact) mass is 227 g/mol. The molecule has 1 aliphatic rings. The number of hydrogen-bond acceptors (Lipinski definition) is 3. The largest absolute Gasteiger partial charge is 0.443 e. The number of carbonyl (C=O) groups excluding carboxylic acids is 2. The molecular formula is C12H21NO3. The zero-order chi connectivity index (χ0) is 12.9. The van der Waals surface area contributed by atoms with Crippen LogP contribution in [0.4, 0.5) is 4.79 Å². The molecule has 0 aromatic heterocycles. The van der Waals surface area contributed by atoms with Crippen molar-refractivity contribution in [1.82, 2.24) is 4.90 Å². The van der Waals surface area contributed by atoms with Gasteiger partial charge >= 0.3 is 6.09 Å². The number of imide groups is 1. The number of likely N-dealkylation sites (tertiary alicyclic amines) is 1. The van der Waals surface area contributed by atoms with Crippen molar-refractivity contribution >= 4 is 12.0 Å². The predicted octanol–water partition coefficient (Wildman–Crippen LogP) is 2.74. The van der Waals surface area contributed by atoms with Crippen LogP contribution in [0.25, 0.3) is 0 Å². The van der Waals surface area contributed by atoms with E-state index in [1.165, 1.54) is 5.57 Å². The lowest BCUT2D eigenvalue weighted by Gasteiger charge is -2.30. The molecule has 16 heavy (non-hydrogen) atoms. The van der Waals surface area contributed by atoms with Crippen molar-refractivity contribution in [3.05, 3.63) is 12.2 Å². The summed E-state index contributed by atoms with van der Waals surface area (Å²) in [6.45, 7) is 13.3. The summed E-state index contributed by atoms with van der Waals surface area (Å²) in [7, 11) is 0. The number of β-lactam (4-membered cyclic amide) rings is 1. The summed E-state index contributed by atoms with van der Waals surface area (Å²) in [6, 6.07) is 0. The van der Waals surface area contributed by atoms with Gasteiger partial charge in [-0.15, -0.1) is 6.58 Å². The Morgan fingerprint density at radius 2 is 1.81 bits per heavy atom. The van der Waals surface area contributed by atoms with E-state index >= 15 is 0 Å². The first kappa shape index (κ1) is 14.7. The number of hydrogen-bond donors (Lipinski definition) is 0. The molecule has 92 valence electrons. The fourth-order valence-electron chi connectivity index (χ4n) is 0.825. The van der Waals surface area contributed by atoms with E-state index in [4.69, 9.17) is 4.74 Å². The third-order valence-electron chi connectivity index (χ3n) is 1.46. The van der Waals surface area contributed by atoms with Gasteiger partial charge in [0.25, 0.3) is 0 Å². The van der Waals surface area contributed by atoms with Crippen molar-refractivity contribution in [2.45, 2.75) is 46.6 Å². The van der Waals surface area contributed by atoms with Crippen molar-refractivity contribution in [1.29, 1.82) is 0 Å². The molecule has 1 rings (SSSR count). The highest BCUT2D eigenvalue weighted by Gasteiger charge is 2.33. The van der Waals surface area contributed by atoms with Gasteiger partial charge < -0.3 is 4.74 Å². The van der Waals surface area contributed by atoms with E-state index in [2.05, 4.69) is 6.58 Å². The molecule has 0 N–H and O–H groups in total. The van der Waals surface area contributed by atoms with Crippen LogP contribution in [0, 0.1) is 0 Å². The highest BCUT2D eigenvalue weighted by Crippen LogP contribution is 2.15. The standard InChI is InChI=1S/C8H13NO3.C4H8/c1-8(2,3)12-7(11)9-5-4-6(9)10;1-4(2)3/h4-5H2,1-3H3;1H2,2-3H3. The van der Waals surface area contributed by atoms with Gasteiger partial charge in [-0.05, 0) is 34.6 Å². The SMILES string of the molecule is C=C(C)C.CC(C)(C)OC(=O)N1CCC1=O. The molecule has 0 aliphatic carbocycles. The van der Waals surface area contributed by atoms with Crippen molar-refractivity contribution in [3.63, 3.8) is 0 Å². The number of nitrogens with zero attached hydrogens (tertiary/aromatic N) is 1. The number of allylic oxidation sites excluding steroid dienone is 1. The molecular weight excluding hydrogens is 206 g/mol. The Kier molecular flexibility index (Phi) is 5.21. The lowest BCUT2D eigenvalue weighted by molar-refractivity contribution is -0.138. The molecule has 1 aliphatic heterocycles. The summed E-state index contributed by atoms with van der Waals surface area (Å²) in [5, 5.41) is 0. The first-order valence-electron chi connectivity index (χ1n) is 5.29. The van der Waals surface area contributed by atoms with Crippen LogP contribution in [0.3, 0.4) is 0 Å². The normalized spacial score (nSPS) is 14.6. The van der Waals surface area contributed by atoms with Crippen LogP contribution < -0.4 is 0 Å². The maximum absolute atomic E-state index is 11.1. The summed E-state index contributed by atoms with van der Waals surface area (Å²) in [6.07, 6.45) is -0.0714. The van der Waals surface area contributed by atoms with Gasteiger partial charge in [0.1, 0.15) is 5.60 Å². The zero-order valence-corrected chi connectivity index (χ0v) is 10.8. The van der Waals surface area contributed by atoms with Crippen LogP contribution in [-0.4, -0.2) is 29.0 Å². The number of rotatable bonds is 0. The predicted molar refractivity (Wildman–Crippen MR) is 63.1 cm³/mol. The Morgan fingerprint density at radius 3 is 2.00 bits per heavy atom. The summed E-state index contributed by atoms with van der Waals surface area (Å²) < 4.78 is 4.98. The van der Waals surface area contributed by atoms with Gasteiger partial charge in [-0.25, -0.2) is 9.69 Å². The highest BCUT2D eigenvalue weighted by atomic mass is 16.6. The molecule has 0 aromatic carbocycles. The van der Waals surface area contributed by atoms with Crippen molar-refractivity contribution in [3.8, 4) is 0 Å². The second-order valence-corrected chi connectivity index (χ2v) is 4.98. The smallest absolute Gasteiger partial charge is 0.417 e. The fraction of sp³-hybridized carbons (Fsp3) is 0.667. The van der Waals surface area contributed by atoms with E-state index in [0.717, 1.165) is 4.90 Å². The van der Waals surface area contributed by atoms with Gasteiger partial charge in [0.15, 0.2) is 0 Å². The average Bonchev–Trinajstić information content (AvgIpc) is 1.96. The molecule has 0 saturated carbocycles. The van der Waals surface area contributed by atoms with Gasteiger partial charge in [-0.3, -0.25) is 4.79 Å². The lowest BCUT2D eigenvalue weighted by atomic mass is 10.2. The molecule has 1 saturated heterocycles. The van der Waals surface area contributed by atoms with E-state index in [9.17, 15) is 9.59 Å². The molecule has 0 spiro atoms. The first-order valence-corrected chi connectivity index (χ1v) is 5.29. The van der Waals surface area contributed by atoms with Gasteiger partial charge in [-0.1, -0.05) is 5.57 Å². The second kappa shape index (κ2) is 5.68. The molecule has 0 unspecified atom stereocenters. The van der Waals surface area contributed by atoms with Gasteiger partial charge in [0.2, 0.25) is 5.91 Å². The second-order valence-electron chi connectivity index (χ2n) is 4.98. The maximum Gasteiger partial charge on any atom is 0.417 e. The highest BCUT2D eigenvalue weighted by molar-refractivity contribution is 5.96. The Morgan fingerprint density at radius 1 is 1.38 bits per heavy atom. The minimum Gasteiger partial charge on any atom is -0.443 e. The molecule has 0 radical (unpaired) electrons. The quantitative estimate of drug-likeness (QED) is 0.472. The summed E-state index contributed by atoms with van der Waals surface area (Å²) in [5.41, 5.74) is 0.646. The van der Waals surface area contributed by atoms with Crippen LogP contribution in [0.5, 0.6) is 0 Å². The molecule has 4 nitrogen and oxygen atoms in total. The summed E-state index contributed by atoms with van der Waals surface area (Å²) in [5.74, 6) is -0.149. The molecule has 1 heterocycles. The van der Waals surface area contributed by atoms with Gasteiger partial charge in [0, 0.05) is 13.0 Å². The van der Waals surface area contributed by atoms with Crippen LogP contribution in [0.15, 0.2) is 12.2 Å². The number of ether oxygens (including phenoxy) is 1. The minimum atomic E-state index is -0.529. The number of carbonyl (C=O) groups is 2. The molecule has 2 amide bonds. The minimum absolute atomic E-state index is 0.149. The van der Waals surface area contributed by atoms with Crippen LogP contribution in [-0.2, 0) is 9.53 Å². The van der Waals surface area contributed by atoms with Crippen molar-refractivity contribution in [2.24, 2.45) is 0 Å². The summed E-state index contributed by atoms with van der Waals surface area (Å²) >= 11 is 0. The molecule has 1 fully saturated rings. The fourth-order valence-corrected chi connectivity index (χ4v) is 0.825. The molecule has 0 atom stereocenters. The lowest BCUT2D eigenvalue weighted by Crippen LogP contribution is -2.49. The van der Waals surface area contributed by atoms with E-state index in [1.807, 2.05) is 13.8 Å². The van der Waals surface area contributed by atoms with E-state index in [0.29, 0.717) is 13.0 Å². The van der Waals surface area contributed by atoms with Crippen molar-refractivity contribution in [2.75, 3.05) is 6.54 Å². The summed E-state index contributed by atoms with van der Waals surface area (Å²) in [4.78, 5) is 23.0. The zero-order valence-electron chi connectivity index (χ0n) is 10.8. The first-order chi connectivity index (χ1) is 7.13. The van der Waals surface area contributed by atoms with E-state index < -0.39 is 11.7 Å². The molecule has 0 aromatic rings. The third kappa shape index (κ3) is 6.22. The average molecular weight is 227 g/mol. The Labute approximate surface area is 97.3 Å². The van der Waals surface area contributed by atoms with Crippen LogP contribution in [0.2, 0.25) is 0 Å². The van der Waals surface area contributed by atoms with Gasteiger partial charge in [0.05, 0.1) is 0 Å². The van der Waals surface area contributed by atoms with E-state index in [-0.39, 0.29) is 5.91 Å². The Hall–Kier alpha value is -1.32. The van der Waals surface area contributed by atoms with Gasteiger partial charge in [-0.2, -0.15) is 0 Å². The third-order valence-corrected chi connectivity index (χ3v) is 1.46. The Bertz CT molecular complexity index is 285. The number of amides is 2.